The van der Waals surface area contributed by atoms with Crippen LogP contribution in [0.5, 0.6) is 0 Å². The lowest BCUT2D eigenvalue weighted by atomic mass is 10.2. The van der Waals surface area contributed by atoms with Crippen LogP contribution in [0.15, 0.2) is 65.1 Å². The molecule has 0 saturated heterocycles. The third-order valence-electron chi connectivity index (χ3n) is 5.23. The van der Waals surface area contributed by atoms with Crippen molar-refractivity contribution >= 4 is 66.1 Å². The lowest BCUT2D eigenvalue weighted by molar-refractivity contribution is 1.15. The fourth-order valence-corrected chi connectivity index (χ4v) is 4.67. The minimum absolute atomic E-state index is 0.898. The smallest absolute Gasteiger partial charge is 0.223 e. The maximum Gasteiger partial charge on any atom is 0.223 e. The van der Waals surface area contributed by atoms with E-state index in [0.29, 0.717) is 0 Å². The minimum Gasteiger partial charge on any atom is -0.276 e. The highest BCUT2D eigenvalue weighted by Gasteiger charge is 2.23. The molecule has 4 aromatic heterocycles. The lowest BCUT2D eigenvalue weighted by Gasteiger charge is -1.99. The number of para-hydroxylation sites is 4. The van der Waals surface area contributed by atoms with E-state index < -0.39 is 0 Å². The summed E-state index contributed by atoms with van der Waals surface area (Å²) >= 11 is 3.70. The van der Waals surface area contributed by atoms with E-state index in [2.05, 4.69) is 77.7 Å². The molecular formula is C20H10BrN5. The molecule has 7 rings (SSSR count). The van der Waals surface area contributed by atoms with E-state index in [0.717, 1.165) is 54.6 Å². The maximum absolute atomic E-state index is 4.91. The van der Waals surface area contributed by atoms with Crippen LogP contribution in [0.2, 0.25) is 0 Å². The zero-order valence-corrected chi connectivity index (χ0v) is 15.0. The molecule has 0 saturated carbocycles. The second-order valence-electron chi connectivity index (χ2n) is 6.60. The topological polar surface area (TPSA) is 39.0 Å². The van der Waals surface area contributed by atoms with Gasteiger partial charge in [0, 0.05) is 4.47 Å². The summed E-state index contributed by atoms with van der Waals surface area (Å²) in [7, 11) is 0. The summed E-state index contributed by atoms with van der Waals surface area (Å²) in [5.41, 5.74) is 7.61. The average molecular weight is 400 g/mol. The van der Waals surface area contributed by atoms with Crippen LogP contribution in [0.1, 0.15) is 0 Å². The van der Waals surface area contributed by atoms with Gasteiger partial charge in [-0.2, -0.15) is 0 Å². The Labute approximate surface area is 154 Å². The van der Waals surface area contributed by atoms with Crippen LogP contribution in [-0.2, 0) is 0 Å². The first-order chi connectivity index (χ1) is 12.8. The standard InChI is InChI=1S/C20H10BrN5/c21-11-9-16-18-17(10-11)25-15-8-4-2-6-13(15)23-20(25)26(18)19-22-12-5-1-3-7-14(12)24(16)19/h1-10H. The highest BCUT2D eigenvalue weighted by atomic mass is 79.9. The normalized spacial score (nSPS) is 12.8. The van der Waals surface area contributed by atoms with Gasteiger partial charge < -0.3 is 0 Å². The highest BCUT2D eigenvalue weighted by Crippen LogP contribution is 2.35. The van der Waals surface area contributed by atoms with Crippen LogP contribution in [0.25, 0.3) is 50.2 Å². The van der Waals surface area contributed by atoms with Gasteiger partial charge in [-0.3, -0.25) is 8.80 Å². The van der Waals surface area contributed by atoms with Gasteiger partial charge in [-0.25, -0.2) is 14.4 Å². The van der Waals surface area contributed by atoms with Gasteiger partial charge in [-0.05, 0) is 36.4 Å². The molecule has 0 spiro atoms. The van der Waals surface area contributed by atoms with Gasteiger partial charge >= 0.3 is 0 Å². The summed E-state index contributed by atoms with van der Waals surface area (Å²) in [5.74, 6) is 1.80. The van der Waals surface area contributed by atoms with Crippen LogP contribution in [0.3, 0.4) is 0 Å². The molecule has 0 aliphatic rings. The summed E-state index contributed by atoms with van der Waals surface area (Å²) in [4.78, 5) is 9.83. The van der Waals surface area contributed by atoms with Crippen molar-refractivity contribution in [2.45, 2.75) is 0 Å². The Morgan fingerprint density at radius 2 is 1.12 bits per heavy atom. The number of halogens is 1. The molecule has 7 aromatic rings. The third-order valence-corrected chi connectivity index (χ3v) is 5.68. The molecule has 0 aliphatic heterocycles. The van der Waals surface area contributed by atoms with Crippen molar-refractivity contribution in [3.63, 3.8) is 0 Å². The second kappa shape index (κ2) is 4.16. The summed E-state index contributed by atoms with van der Waals surface area (Å²) in [5, 5.41) is 0. The van der Waals surface area contributed by atoms with E-state index in [-0.39, 0.29) is 0 Å². The highest BCUT2D eigenvalue weighted by molar-refractivity contribution is 9.10. The van der Waals surface area contributed by atoms with Crippen molar-refractivity contribution in [2.24, 2.45) is 0 Å². The van der Waals surface area contributed by atoms with Gasteiger partial charge in [0.15, 0.2) is 0 Å². The van der Waals surface area contributed by atoms with E-state index in [1.807, 2.05) is 12.1 Å². The van der Waals surface area contributed by atoms with Crippen LogP contribution in [0, 0.1) is 0 Å². The zero-order valence-electron chi connectivity index (χ0n) is 13.4. The van der Waals surface area contributed by atoms with Crippen LogP contribution >= 0.6 is 15.9 Å². The van der Waals surface area contributed by atoms with Crippen molar-refractivity contribution in [3.8, 4) is 0 Å². The van der Waals surface area contributed by atoms with Gasteiger partial charge in [0.05, 0.1) is 33.1 Å². The molecule has 0 radical (unpaired) electrons. The van der Waals surface area contributed by atoms with Crippen LogP contribution in [0.4, 0.5) is 0 Å². The summed E-state index contributed by atoms with van der Waals surface area (Å²) in [6, 6.07) is 20.8. The number of rotatable bonds is 0. The molecule has 0 N–H and O–H groups in total. The molecule has 4 heterocycles. The molecule has 0 atom stereocenters. The number of aromatic nitrogens is 5. The minimum atomic E-state index is 0.898. The molecule has 26 heavy (non-hydrogen) atoms. The molecule has 5 nitrogen and oxygen atoms in total. The summed E-state index contributed by atoms with van der Waals surface area (Å²) in [6.07, 6.45) is 0. The second-order valence-corrected chi connectivity index (χ2v) is 7.52. The number of nitrogens with zero attached hydrogens (tertiary/aromatic N) is 5. The maximum atomic E-state index is 4.91. The number of imidazole rings is 4. The quantitative estimate of drug-likeness (QED) is 0.364. The Kier molecular flexibility index (Phi) is 2.10. The SMILES string of the molecule is Brc1cc2c3c(c1)n1c4ccccc4nc1n3c1nc3ccccc3n21. The molecule has 0 fully saturated rings. The van der Waals surface area contributed by atoms with Gasteiger partial charge in [0.1, 0.15) is 5.52 Å². The fourth-order valence-electron chi connectivity index (χ4n) is 4.23. The monoisotopic (exact) mass is 399 g/mol. The Hall–Kier alpha value is -3.12. The van der Waals surface area contributed by atoms with E-state index >= 15 is 0 Å². The Morgan fingerprint density at radius 3 is 1.65 bits per heavy atom. The number of hydrogen-bond acceptors (Lipinski definition) is 2. The Bertz CT molecular complexity index is 1530. The van der Waals surface area contributed by atoms with Crippen molar-refractivity contribution in [1.82, 2.24) is 23.2 Å². The van der Waals surface area contributed by atoms with Crippen LogP contribution < -0.4 is 0 Å². The summed E-state index contributed by atoms with van der Waals surface area (Å²) in [6.45, 7) is 0. The van der Waals surface area contributed by atoms with Crippen molar-refractivity contribution in [2.75, 3.05) is 0 Å². The van der Waals surface area contributed by atoms with E-state index in [1.165, 1.54) is 0 Å². The van der Waals surface area contributed by atoms with E-state index in [1.54, 1.807) is 0 Å². The molecule has 0 bridgehead atoms. The molecule has 3 aromatic carbocycles. The molecular weight excluding hydrogens is 390 g/mol. The molecule has 6 heteroatoms. The zero-order chi connectivity index (χ0) is 17.0. The van der Waals surface area contributed by atoms with Crippen molar-refractivity contribution < 1.29 is 0 Å². The first kappa shape index (κ1) is 13.1. The van der Waals surface area contributed by atoms with Gasteiger partial charge in [0.25, 0.3) is 0 Å². The molecule has 0 unspecified atom stereocenters. The van der Waals surface area contributed by atoms with Crippen molar-refractivity contribution in [3.05, 3.63) is 65.1 Å². The number of hydrogen-bond donors (Lipinski definition) is 0. The van der Waals surface area contributed by atoms with E-state index in [9.17, 15) is 0 Å². The molecule has 0 amide bonds. The third kappa shape index (κ3) is 1.33. The van der Waals surface area contributed by atoms with E-state index in [4.69, 9.17) is 9.97 Å². The summed E-state index contributed by atoms with van der Waals surface area (Å²) < 4.78 is 7.67. The lowest BCUT2D eigenvalue weighted by Crippen LogP contribution is -1.87. The van der Waals surface area contributed by atoms with Gasteiger partial charge in [-0.15, -0.1) is 0 Å². The predicted octanol–water partition coefficient (Wildman–Crippen LogP) is 4.89. The Morgan fingerprint density at radius 1 is 0.615 bits per heavy atom. The molecule has 0 aliphatic carbocycles. The predicted molar refractivity (Wildman–Crippen MR) is 106 cm³/mol. The number of benzene rings is 3. The largest absolute Gasteiger partial charge is 0.276 e. The first-order valence-electron chi connectivity index (χ1n) is 8.41. The number of fused-ring (bicyclic) bond motifs is 10. The van der Waals surface area contributed by atoms with Crippen molar-refractivity contribution in [1.29, 1.82) is 0 Å². The molecule has 122 valence electrons. The van der Waals surface area contributed by atoms with Crippen LogP contribution in [-0.4, -0.2) is 23.2 Å². The fraction of sp³-hybridized carbons (Fsp3) is 0. The van der Waals surface area contributed by atoms with Gasteiger partial charge in [-0.1, -0.05) is 40.2 Å². The average Bonchev–Trinajstić information content (AvgIpc) is 3.35. The van der Waals surface area contributed by atoms with Gasteiger partial charge in [0.2, 0.25) is 11.6 Å². The Balaban J connectivity index is 1.92. The first-order valence-corrected chi connectivity index (χ1v) is 9.20.